The zero-order chi connectivity index (χ0) is 15.4. The highest BCUT2D eigenvalue weighted by Gasteiger charge is 2.09. The van der Waals surface area contributed by atoms with Crippen LogP contribution in [0.3, 0.4) is 0 Å². The monoisotopic (exact) mass is 294 g/mol. The molecule has 0 saturated heterocycles. The summed E-state index contributed by atoms with van der Waals surface area (Å²) in [5.41, 5.74) is 3.31. The van der Waals surface area contributed by atoms with Crippen LogP contribution >= 0.6 is 0 Å². The minimum absolute atomic E-state index is 0.0329. The van der Waals surface area contributed by atoms with Gasteiger partial charge in [-0.3, -0.25) is 9.78 Å². The number of hydrogen-bond donors (Lipinski definition) is 1. The maximum Gasteiger partial charge on any atom is 0.251 e. The molecule has 2 heterocycles. The van der Waals surface area contributed by atoms with Crippen LogP contribution in [0.25, 0.3) is 22.2 Å². The van der Waals surface area contributed by atoms with Crippen molar-refractivity contribution in [1.82, 2.24) is 10.3 Å². The highest BCUT2D eigenvalue weighted by molar-refractivity contribution is 5.96. The quantitative estimate of drug-likeness (QED) is 0.723. The van der Waals surface area contributed by atoms with Gasteiger partial charge in [-0.2, -0.15) is 0 Å². The third-order valence-corrected chi connectivity index (χ3v) is 3.62. The third kappa shape index (κ3) is 2.86. The molecule has 3 rings (SSSR count). The number of rotatable bonds is 5. The Morgan fingerprint density at radius 2 is 2.00 bits per heavy atom. The van der Waals surface area contributed by atoms with E-state index in [1.54, 1.807) is 12.5 Å². The summed E-state index contributed by atoms with van der Waals surface area (Å²) >= 11 is 0. The van der Waals surface area contributed by atoms with Crippen LogP contribution in [-0.2, 0) is 0 Å². The molecule has 0 spiro atoms. The Balaban J connectivity index is 1.82. The molecule has 0 aliphatic rings. The van der Waals surface area contributed by atoms with Gasteiger partial charge in [-0.25, -0.2) is 0 Å². The van der Waals surface area contributed by atoms with Crippen molar-refractivity contribution in [3.8, 4) is 11.3 Å². The second-order valence-electron chi connectivity index (χ2n) is 5.18. The van der Waals surface area contributed by atoms with Crippen LogP contribution in [0.2, 0.25) is 0 Å². The number of carbonyl (C=O) groups is 1. The van der Waals surface area contributed by atoms with Gasteiger partial charge in [0, 0.05) is 29.3 Å². The standard InChI is InChI=1S/C18H18N2O2/c1-2-3-10-20-18(21)14-6-4-13(5-7-14)17-15-9-12-22-16(15)8-11-19-17/h4-9,11-12H,2-3,10H2,1H3,(H,20,21). The molecule has 0 radical (unpaired) electrons. The average Bonchev–Trinajstić information content (AvgIpc) is 3.04. The van der Waals surface area contributed by atoms with E-state index in [0.29, 0.717) is 12.1 Å². The molecule has 22 heavy (non-hydrogen) atoms. The van der Waals surface area contributed by atoms with Crippen molar-refractivity contribution in [3.63, 3.8) is 0 Å². The molecule has 3 aromatic rings. The highest BCUT2D eigenvalue weighted by Crippen LogP contribution is 2.27. The van der Waals surface area contributed by atoms with Gasteiger partial charge in [-0.15, -0.1) is 0 Å². The van der Waals surface area contributed by atoms with Gasteiger partial charge in [-0.1, -0.05) is 25.5 Å². The van der Waals surface area contributed by atoms with E-state index in [2.05, 4.69) is 17.2 Å². The van der Waals surface area contributed by atoms with E-state index in [0.717, 1.165) is 35.1 Å². The number of hydrogen-bond acceptors (Lipinski definition) is 3. The molecule has 0 fully saturated rings. The van der Waals surface area contributed by atoms with Gasteiger partial charge in [-0.05, 0) is 30.7 Å². The molecule has 1 amide bonds. The number of unbranched alkanes of at least 4 members (excludes halogenated alkanes) is 1. The number of pyridine rings is 1. The van der Waals surface area contributed by atoms with Crippen LogP contribution in [0, 0.1) is 0 Å². The predicted molar refractivity (Wildman–Crippen MR) is 86.7 cm³/mol. The minimum Gasteiger partial charge on any atom is -0.464 e. The van der Waals surface area contributed by atoms with Crippen LogP contribution < -0.4 is 5.32 Å². The van der Waals surface area contributed by atoms with E-state index in [-0.39, 0.29) is 5.91 Å². The SMILES string of the molecule is CCCCNC(=O)c1ccc(-c2nccc3occc23)cc1. The number of aromatic nitrogens is 1. The van der Waals surface area contributed by atoms with E-state index in [4.69, 9.17) is 4.42 Å². The zero-order valence-corrected chi connectivity index (χ0v) is 12.5. The molecular formula is C18H18N2O2. The first-order valence-corrected chi connectivity index (χ1v) is 7.50. The summed E-state index contributed by atoms with van der Waals surface area (Å²) in [4.78, 5) is 16.4. The highest BCUT2D eigenvalue weighted by atomic mass is 16.3. The minimum atomic E-state index is -0.0329. The fourth-order valence-corrected chi connectivity index (χ4v) is 2.38. The summed E-state index contributed by atoms with van der Waals surface area (Å²) in [6.45, 7) is 2.82. The summed E-state index contributed by atoms with van der Waals surface area (Å²) < 4.78 is 5.39. The Labute approximate surface area is 129 Å². The fraction of sp³-hybridized carbons (Fsp3) is 0.222. The predicted octanol–water partition coefficient (Wildman–Crippen LogP) is 4.02. The smallest absolute Gasteiger partial charge is 0.251 e. The molecule has 0 aliphatic heterocycles. The van der Waals surface area contributed by atoms with Crippen molar-refractivity contribution in [2.75, 3.05) is 6.54 Å². The lowest BCUT2D eigenvalue weighted by Gasteiger charge is -2.06. The van der Waals surface area contributed by atoms with E-state index in [9.17, 15) is 4.79 Å². The fourth-order valence-electron chi connectivity index (χ4n) is 2.38. The average molecular weight is 294 g/mol. The van der Waals surface area contributed by atoms with Gasteiger partial charge in [0.05, 0.1) is 12.0 Å². The first-order chi connectivity index (χ1) is 10.8. The molecule has 0 unspecified atom stereocenters. The number of amides is 1. The molecule has 4 heteroatoms. The molecule has 112 valence electrons. The number of nitrogens with one attached hydrogen (secondary N) is 1. The molecule has 0 aliphatic carbocycles. The molecule has 0 saturated carbocycles. The lowest BCUT2D eigenvalue weighted by Crippen LogP contribution is -2.24. The number of nitrogens with zero attached hydrogens (tertiary/aromatic N) is 1. The van der Waals surface area contributed by atoms with Crippen LogP contribution in [0.4, 0.5) is 0 Å². The first-order valence-electron chi connectivity index (χ1n) is 7.50. The lowest BCUT2D eigenvalue weighted by molar-refractivity contribution is 0.0953. The molecule has 4 nitrogen and oxygen atoms in total. The van der Waals surface area contributed by atoms with Crippen LogP contribution in [0.5, 0.6) is 0 Å². The summed E-state index contributed by atoms with van der Waals surface area (Å²) in [7, 11) is 0. The third-order valence-electron chi connectivity index (χ3n) is 3.62. The number of fused-ring (bicyclic) bond motifs is 1. The van der Waals surface area contributed by atoms with Crippen molar-refractivity contribution >= 4 is 16.9 Å². The van der Waals surface area contributed by atoms with Gasteiger partial charge in [0.25, 0.3) is 5.91 Å². The Morgan fingerprint density at radius 3 is 2.77 bits per heavy atom. The normalized spacial score (nSPS) is 10.8. The maximum atomic E-state index is 12.0. The molecule has 1 N–H and O–H groups in total. The van der Waals surface area contributed by atoms with Crippen molar-refractivity contribution in [3.05, 3.63) is 54.4 Å². The van der Waals surface area contributed by atoms with Gasteiger partial charge < -0.3 is 9.73 Å². The lowest BCUT2D eigenvalue weighted by atomic mass is 10.1. The number of benzene rings is 1. The van der Waals surface area contributed by atoms with Crippen LogP contribution in [-0.4, -0.2) is 17.4 Å². The van der Waals surface area contributed by atoms with E-state index >= 15 is 0 Å². The Morgan fingerprint density at radius 1 is 1.18 bits per heavy atom. The first kappa shape index (κ1) is 14.3. The van der Waals surface area contributed by atoms with E-state index < -0.39 is 0 Å². The Bertz CT molecular complexity index is 775. The topological polar surface area (TPSA) is 55.1 Å². The summed E-state index contributed by atoms with van der Waals surface area (Å²) in [6, 6.07) is 11.2. The zero-order valence-electron chi connectivity index (χ0n) is 12.5. The summed E-state index contributed by atoms with van der Waals surface area (Å²) in [6.07, 6.45) is 5.45. The summed E-state index contributed by atoms with van der Waals surface area (Å²) in [5.74, 6) is -0.0329. The maximum absolute atomic E-state index is 12.0. The van der Waals surface area contributed by atoms with Crippen molar-refractivity contribution in [2.45, 2.75) is 19.8 Å². The Hall–Kier alpha value is -2.62. The van der Waals surface area contributed by atoms with Crippen molar-refractivity contribution in [1.29, 1.82) is 0 Å². The van der Waals surface area contributed by atoms with Crippen LogP contribution in [0.15, 0.2) is 53.3 Å². The van der Waals surface area contributed by atoms with Crippen molar-refractivity contribution < 1.29 is 9.21 Å². The molecule has 0 bridgehead atoms. The molecule has 0 atom stereocenters. The summed E-state index contributed by atoms with van der Waals surface area (Å²) in [5, 5.41) is 3.89. The van der Waals surface area contributed by atoms with E-state index in [1.807, 2.05) is 36.4 Å². The molecule has 1 aromatic carbocycles. The largest absolute Gasteiger partial charge is 0.464 e. The Kier molecular flexibility index (Phi) is 4.19. The molecular weight excluding hydrogens is 276 g/mol. The second kappa shape index (κ2) is 6.43. The van der Waals surface area contributed by atoms with Crippen molar-refractivity contribution in [2.24, 2.45) is 0 Å². The van der Waals surface area contributed by atoms with Gasteiger partial charge >= 0.3 is 0 Å². The van der Waals surface area contributed by atoms with Gasteiger partial charge in [0.2, 0.25) is 0 Å². The van der Waals surface area contributed by atoms with Crippen LogP contribution in [0.1, 0.15) is 30.1 Å². The number of furan rings is 1. The number of carbonyl (C=O) groups excluding carboxylic acids is 1. The van der Waals surface area contributed by atoms with E-state index in [1.165, 1.54) is 0 Å². The van der Waals surface area contributed by atoms with Gasteiger partial charge in [0.15, 0.2) is 0 Å². The molecule has 2 aromatic heterocycles. The second-order valence-corrected chi connectivity index (χ2v) is 5.18. The van der Waals surface area contributed by atoms with Gasteiger partial charge in [0.1, 0.15) is 5.58 Å².